The maximum absolute atomic E-state index is 10.6. The number of hydrogen-bond donors (Lipinski definition) is 2. The lowest BCUT2D eigenvalue weighted by atomic mass is 9.76. The number of aromatic hydroxyl groups is 2. The quantitative estimate of drug-likeness (QED) is 0.507. The zero-order chi connectivity index (χ0) is 22.3. The molecule has 160 valence electrons. The highest BCUT2D eigenvalue weighted by Crippen LogP contribution is 2.42. The number of phenolic OH excluding ortho intramolecular Hbond substituents is 2. The van der Waals surface area contributed by atoms with Crippen LogP contribution in [0.15, 0.2) is 24.3 Å². The van der Waals surface area contributed by atoms with E-state index in [0.717, 1.165) is 28.7 Å². The average molecular weight is 417 g/mol. The van der Waals surface area contributed by atoms with Crippen LogP contribution >= 0.6 is 11.6 Å². The average Bonchev–Trinajstić information content (AvgIpc) is 2.50. The second-order valence-corrected chi connectivity index (χ2v) is 11.3. The predicted molar refractivity (Wildman–Crippen MR) is 125 cm³/mol. The van der Waals surface area contributed by atoms with Gasteiger partial charge in [0, 0.05) is 11.3 Å². The van der Waals surface area contributed by atoms with E-state index in [-0.39, 0.29) is 22.1 Å². The summed E-state index contributed by atoms with van der Waals surface area (Å²) < 4.78 is 0. The molecule has 0 aliphatic heterocycles. The van der Waals surface area contributed by atoms with Crippen molar-refractivity contribution < 1.29 is 10.2 Å². The standard InChI is InChI=1S/C26H37ClO2/c1-15-10-23(28)21(25(4,5)6)13-18(15)20(12-17(3)27)19-14-22(26(7,8)9)24(29)11-16(19)2/h10-11,13-14,17,20,28-29H,12H2,1-9H3. The number of alkyl halides is 1. The minimum absolute atomic E-state index is 0.00224. The molecule has 0 amide bonds. The number of rotatable bonds is 4. The van der Waals surface area contributed by atoms with Crippen molar-refractivity contribution in [2.24, 2.45) is 0 Å². The Morgan fingerprint density at radius 2 is 1.10 bits per heavy atom. The van der Waals surface area contributed by atoms with Crippen LogP contribution in [0.3, 0.4) is 0 Å². The molecule has 0 heterocycles. The zero-order valence-corrected chi connectivity index (χ0v) is 20.2. The summed E-state index contributed by atoms with van der Waals surface area (Å²) in [6.45, 7) is 18.8. The highest BCUT2D eigenvalue weighted by Gasteiger charge is 2.27. The third-order valence-corrected chi connectivity index (χ3v) is 5.87. The summed E-state index contributed by atoms with van der Waals surface area (Å²) in [5, 5.41) is 21.1. The number of aryl methyl sites for hydroxylation is 2. The predicted octanol–water partition coefficient (Wildman–Crippen LogP) is 7.46. The lowest BCUT2D eigenvalue weighted by Gasteiger charge is -2.29. The largest absolute Gasteiger partial charge is 0.508 e. The van der Waals surface area contributed by atoms with E-state index in [4.69, 9.17) is 11.6 Å². The summed E-state index contributed by atoms with van der Waals surface area (Å²) >= 11 is 6.50. The molecule has 2 rings (SSSR count). The first kappa shape index (κ1) is 23.6. The molecule has 0 bridgehead atoms. The van der Waals surface area contributed by atoms with Gasteiger partial charge >= 0.3 is 0 Å². The van der Waals surface area contributed by atoms with Crippen LogP contribution in [0.2, 0.25) is 0 Å². The van der Waals surface area contributed by atoms with Crippen LogP contribution in [-0.4, -0.2) is 15.6 Å². The normalized spacial score (nSPS) is 13.8. The molecule has 0 radical (unpaired) electrons. The van der Waals surface area contributed by atoms with E-state index in [9.17, 15) is 10.2 Å². The van der Waals surface area contributed by atoms with Crippen LogP contribution in [0.1, 0.15) is 94.2 Å². The molecule has 2 aromatic carbocycles. The Morgan fingerprint density at radius 3 is 1.38 bits per heavy atom. The molecule has 0 fully saturated rings. The molecular weight excluding hydrogens is 380 g/mol. The van der Waals surface area contributed by atoms with E-state index in [1.807, 2.05) is 32.9 Å². The Balaban J connectivity index is 2.78. The van der Waals surface area contributed by atoms with E-state index in [2.05, 4.69) is 53.7 Å². The highest BCUT2D eigenvalue weighted by atomic mass is 35.5. The third kappa shape index (κ3) is 5.28. The van der Waals surface area contributed by atoms with Crippen LogP contribution in [0.5, 0.6) is 11.5 Å². The lowest BCUT2D eigenvalue weighted by molar-refractivity contribution is 0.445. The van der Waals surface area contributed by atoms with Crippen LogP contribution in [0.25, 0.3) is 0 Å². The van der Waals surface area contributed by atoms with Gasteiger partial charge in [-0.15, -0.1) is 11.6 Å². The van der Waals surface area contributed by atoms with Crippen LogP contribution < -0.4 is 0 Å². The topological polar surface area (TPSA) is 40.5 Å². The van der Waals surface area contributed by atoms with Crippen LogP contribution in [0.4, 0.5) is 0 Å². The van der Waals surface area contributed by atoms with Crippen molar-refractivity contribution in [2.45, 2.75) is 90.9 Å². The number of hydrogen-bond acceptors (Lipinski definition) is 2. The monoisotopic (exact) mass is 416 g/mol. The van der Waals surface area contributed by atoms with Crippen molar-refractivity contribution in [1.82, 2.24) is 0 Å². The molecule has 3 heteroatoms. The van der Waals surface area contributed by atoms with Gasteiger partial charge in [0.25, 0.3) is 0 Å². The van der Waals surface area contributed by atoms with Gasteiger partial charge in [-0.05, 0) is 83.5 Å². The van der Waals surface area contributed by atoms with Crippen LogP contribution in [0, 0.1) is 13.8 Å². The molecule has 2 nitrogen and oxygen atoms in total. The van der Waals surface area contributed by atoms with Crippen molar-refractivity contribution in [1.29, 1.82) is 0 Å². The first-order chi connectivity index (χ1) is 13.1. The van der Waals surface area contributed by atoms with Gasteiger partial charge in [-0.3, -0.25) is 0 Å². The molecule has 1 atom stereocenters. The summed E-state index contributed by atoms with van der Waals surface area (Å²) in [6, 6.07) is 8.06. The second-order valence-electron chi connectivity index (χ2n) is 10.5. The van der Waals surface area contributed by atoms with E-state index >= 15 is 0 Å². The summed E-state index contributed by atoms with van der Waals surface area (Å²) in [6.07, 6.45) is 0.784. The van der Waals surface area contributed by atoms with E-state index in [0.29, 0.717) is 11.5 Å². The van der Waals surface area contributed by atoms with Crippen molar-refractivity contribution in [3.63, 3.8) is 0 Å². The van der Waals surface area contributed by atoms with E-state index < -0.39 is 0 Å². The smallest absolute Gasteiger partial charge is 0.119 e. The zero-order valence-electron chi connectivity index (χ0n) is 19.4. The molecule has 2 N–H and O–H groups in total. The van der Waals surface area contributed by atoms with Gasteiger partial charge in [-0.2, -0.15) is 0 Å². The fraction of sp³-hybridized carbons (Fsp3) is 0.538. The van der Waals surface area contributed by atoms with E-state index in [1.54, 1.807) is 0 Å². The third-order valence-electron chi connectivity index (χ3n) is 5.70. The Kier molecular flexibility index (Phi) is 6.69. The number of benzene rings is 2. The highest BCUT2D eigenvalue weighted by molar-refractivity contribution is 6.20. The summed E-state index contributed by atoms with van der Waals surface area (Å²) in [5.41, 5.74) is 6.05. The second kappa shape index (κ2) is 8.22. The molecule has 1 unspecified atom stereocenters. The fourth-order valence-electron chi connectivity index (χ4n) is 4.12. The molecule has 0 spiro atoms. The molecule has 0 aromatic heterocycles. The molecular formula is C26H37ClO2. The maximum atomic E-state index is 10.6. The van der Waals surface area contributed by atoms with Gasteiger partial charge < -0.3 is 10.2 Å². The molecule has 0 aliphatic rings. The summed E-state index contributed by atoms with van der Waals surface area (Å²) in [5.74, 6) is 0.773. The number of phenols is 2. The minimum Gasteiger partial charge on any atom is -0.508 e. The Bertz CT molecular complexity index is 814. The summed E-state index contributed by atoms with van der Waals surface area (Å²) in [4.78, 5) is 0. The van der Waals surface area contributed by atoms with Gasteiger partial charge in [-0.1, -0.05) is 53.7 Å². The van der Waals surface area contributed by atoms with Crippen molar-refractivity contribution in [3.05, 3.63) is 57.6 Å². The molecule has 2 aromatic rings. The molecule has 0 saturated heterocycles. The van der Waals surface area contributed by atoms with E-state index in [1.165, 1.54) is 11.1 Å². The molecule has 29 heavy (non-hydrogen) atoms. The lowest BCUT2D eigenvalue weighted by Crippen LogP contribution is -2.17. The maximum Gasteiger partial charge on any atom is 0.119 e. The molecule has 0 saturated carbocycles. The van der Waals surface area contributed by atoms with Gasteiger partial charge in [0.2, 0.25) is 0 Å². The first-order valence-corrected chi connectivity index (χ1v) is 10.9. The first-order valence-electron chi connectivity index (χ1n) is 10.4. The Labute approximate surface area is 181 Å². The van der Waals surface area contributed by atoms with Gasteiger partial charge in [0.15, 0.2) is 0 Å². The Morgan fingerprint density at radius 1 is 0.759 bits per heavy atom. The van der Waals surface area contributed by atoms with Crippen LogP contribution in [-0.2, 0) is 10.8 Å². The fourth-order valence-corrected chi connectivity index (χ4v) is 4.30. The Hall–Kier alpha value is -1.67. The SMILES string of the molecule is Cc1cc(O)c(C(C)(C)C)cc1C(CC(C)Cl)c1cc(C(C)(C)C)c(O)cc1C. The van der Waals surface area contributed by atoms with Crippen molar-refractivity contribution in [3.8, 4) is 11.5 Å². The number of halogens is 1. The van der Waals surface area contributed by atoms with Crippen molar-refractivity contribution in [2.75, 3.05) is 0 Å². The van der Waals surface area contributed by atoms with Gasteiger partial charge in [0.05, 0.1) is 0 Å². The summed E-state index contributed by atoms with van der Waals surface area (Å²) in [7, 11) is 0. The van der Waals surface area contributed by atoms with Gasteiger partial charge in [0.1, 0.15) is 11.5 Å². The van der Waals surface area contributed by atoms with Crippen molar-refractivity contribution >= 4 is 11.6 Å². The van der Waals surface area contributed by atoms with Gasteiger partial charge in [-0.25, -0.2) is 0 Å². The molecule has 0 aliphatic carbocycles. The minimum atomic E-state index is -0.162.